The van der Waals surface area contributed by atoms with E-state index in [1.807, 2.05) is 31.3 Å². The second-order valence-electron chi connectivity index (χ2n) is 6.88. The number of likely N-dealkylation sites (tertiary alicyclic amines) is 1. The number of nitrogens with zero attached hydrogens (tertiary/aromatic N) is 2. The standard InChI is InChI=1S/C20H27N3O3/c1-3-26-19(24)20(13-16-6-4-7-17(12-16)25-2)8-5-11-23(15-20)14-18-21-9-10-22-18/h4,6-7,9-10,12H,3,5,8,11,13-15H2,1-2H3,(H,21,22)/t20-/m1/s1. The smallest absolute Gasteiger partial charge is 0.313 e. The van der Waals surface area contributed by atoms with Gasteiger partial charge in [0.05, 0.1) is 25.7 Å². The van der Waals surface area contributed by atoms with E-state index < -0.39 is 5.41 Å². The van der Waals surface area contributed by atoms with Gasteiger partial charge in [-0.2, -0.15) is 0 Å². The number of rotatable bonds is 7. The molecule has 6 heteroatoms. The van der Waals surface area contributed by atoms with Crippen molar-refractivity contribution in [2.24, 2.45) is 5.41 Å². The monoisotopic (exact) mass is 357 g/mol. The first kappa shape index (κ1) is 18.5. The van der Waals surface area contributed by atoms with Crippen molar-refractivity contribution in [3.05, 3.63) is 48.0 Å². The van der Waals surface area contributed by atoms with Crippen LogP contribution in [0.25, 0.3) is 0 Å². The minimum absolute atomic E-state index is 0.105. The number of piperidine rings is 1. The summed E-state index contributed by atoms with van der Waals surface area (Å²) in [7, 11) is 1.66. The zero-order chi connectivity index (χ0) is 18.4. The highest BCUT2D eigenvalue weighted by Crippen LogP contribution is 2.36. The number of aromatic amines is 1. The molecule has 6 nitrogen and oxygen atoms in total. The normalized spacial score (nSPS) is 20.7. The first-order valence-electron chi connectivity index (χ1n) is 9.16. The van der Waals surface area contributed by atoms with E-state index in [1.54, 1.807) is 13.3 Å². The molecule has 1 aromatic carbocycles. The summed E-state index contributed by atoms with van der Waals surface area (Å²) < 4.78 is 10.8. The average molecular weight is 357 g/mol. The molecule has 3 rings (SSSR count). The molecule has 1 atom stereocenters. The summed E-state index contributed by atoms with van der Waals surface area (Å²) >= 11 is 0. The van der Waals surface area contributed by atoms with Crippen LogP contribution >= 0.6 is 0 Å². The fourth-order valence-electron chi connectivity index (χ4n) is 3.80. The molecule has 0 bridgehead atoms. The van der Waals surface area contributed by atoms with E-state index in [0.717, 1.165) is 36.5 Å². The number of carbonyl (C=O) groups excluding carboxylic acids is 1. The molecule has 1 saturated heterocycles. The number of methoxy groups -OCH3 is 1. The quantitative estimate of drug-likeness (QED) is 0.772. The maximum atomic E-state index is 12.9. The molecule has 26 heavy (non-hydrogen) atoms. The number of hydrogen-bond acceptors (Lipinski definition) is 5. The van der Waals surface area contributed by atoms with Gasteiger partial charge in [0.15, 0.2) is 0 Å². The molecule has 1 aliphatic heterocycles. The predicted octanol–water partition coefficient (Wildman–Crippen LogP) is 2.81. The molecule has 0 spiro atoms. The fraction of sp³-hybridized carbons (Fsp3) is 0.500. The van der Waals surface area contributed by atoms with E-state index in [9.17, 15) is 4.79 Å². The van der Waals surface area contributed by atoms with Crippen LogP contribution < -0.4 is 4.74 Å². The van der Waals surface area contributed by atoms with Gasteiger partial charge in [-0.25, -0.2) is 4.98 Å². The molecule has 1 aromatic heterocycles. The zero-order valence-electron chi connectivity index (χ0n) is 15.5. The van der Waals surface area contributed by atoms with Gasteiger partial charge in [-0.05, 0) is 50.4 Å². The summed E-state index contributed by atoms with van der Waals surface area (Å²) in [5.41, 5.74) is 0.560. The van der Waals surface area contributed by atoms with Crippen molar-refractivity contribution in [1.29, 1.82) is 0 Å². The van der Waals surface area contributed by atoms with Gasteiger partial charge in [0.1, 0.15) is 11.6 Å². The number of H-pyrrole nitrogens is 1. The Kier molecular flexibility index (Phi) is 5.93. The van der Waals surface area contributed by atoms with Gasteiger partial charge >= 0.3 is 5.97 Å². The number of esters is 1. The Morgan fingerprint density at radius 2 is 2.31 bits per heavy atom. The van der Waals surface area contributed by atoms with Crippen molar-refractivity contribution in [2.45, 2.75) is 32.7 Å². The molecule has 0 unspecified atom stereocenters. The lowest BCUT2D eigenvalue weighted by molar-refractivity contribution is -0.159. The summed E-state index contributed by atoms with van der Waals surface area (Å²) in [4.78, 5) is 22.7. The largest absolute Gasteiger partial charge is 0.497 e. The Bertz CT molecular complexity index is 717. The van der Waals surface area contributed by atoms with Gasteiger partial charge in [-0.15, -0.1) is 0 Å². The number of ether oxygens (including phenoxy) is 2. The highest BCUT2D eigenvalue weighted by molar-refractivity contribution is 5.78. The molecule has 0 amide bonds. The third-order valence-electron chi connectivity index (χ3n) is 4.97. The minimum Gasteiger partial charge on any atom is -0.497 e. The van der Waals surface area contributed by atoms with Crippen LogP contribution in [-0.4, -0.2) is 47.6 Å². The van der Waals surface area contributed by atoms with Gasteiger partial charge in [-0.3, -0.25) is 9.69 Å². The van der Waals surface area contributed by atoms with Crippen molar-refractivity contribution >= 4 is 5.97 Å². The molecule has 0 aliphatic carbocycles. The number of nitrogens with one attached hydrogen (secondary N) is 1. The molecular formula is C20H27N3O3. The van der Waals surface area contributed by atoms with Crippen molar-refractivity contribution in [3.63, 3.8) is 0 Å². The maximum absolute atomic E-state index is 12.9. The van der Waals surface area contributed by atoms with Crippen LogP contribution in [0.15, 0.2) is 36.7 Å². The van der Waals surface area contributed by atoms with Crippen LogP contribution in [0.4, 0.5) is 0 Å². The zero-order valence-corrected chi connectivity index (χ0v) is 15.5. The number of hydrogen-bond donors (Lipinski definition) is 1. The van der Waals surface area contributed by atoms with Gasteiger partial charge < -0.3 is 14.5 Å². The fourth-order valence-corrected chi connectivity index (χ4v) is 3.80. The van der Waals surface area contributed by atoms with E-state index in [-0.39, 0.29) is 5.97 Å². The van der Waals surface area contributed by atoms with E-state index in [1.165, 1.54) is 0 Å². The molecule has 1 N–H and O–H groups in total. The molecule has 1 aliphatic rings. The molecule has 1 fully saturated rings. The van der Waals surface area contributed by atoms with Crippen molar-refractivity contribution in [3.8, 4) is 5.75 Å². The second-order valence-corrected chi connectivity index (χ2v) is 6.88. The lowest BCUT2D eigenvalue weighted by Gasteiger charge is -2.40. The molecule has 0 radical (unpaired) electrons. The SMILES string of the molecule is CCOC(=O)[C@@]1(Cc2cccc(OC)c2)CCCN(Cc2ncc[nH]2)C1. The lowest BCUT2D eigenvalue weighted by Crippen LogP contribution is -2.49. The Morgan fingerprint density at radius 1 is 1.42 bits per heavy atom. The number of carbonyl (C=O) groups is 1. The van der Waals surface area contributed by atoms with Crippen LogP contribution in [0.1, 0.15) is 31.2 Å². The van der Waals surface area contributed by atoms with Crippen molar-refractivity contribution < 1.29 is 14.3 Å². The first-order valence-corrected chi connectivity index (χ1v) is 9.16. The van der Waals surface area contributed by atoms with Crippen LogP contribution in [0.2, 0.25) is 0 Å². The Labute approximate surface area is 154 Å². The highest BCUT2D eigenvalue weighted by Gasteiger charge is 2.43. The van der Waals surface area contributed by atoms with Gasteiger partial charge in [0.25, 0.3) is 0 Å². The summed E-state index contributed by atoms with van der Waals surface area (Å²) in [5, 5.41) is 0. The molecular weight excluding hydrogens is 330 g/mol. The van der Waals surface area contributed by atoms with Crippen molar-refractivity contribution in [1.82, 2.24) is 14.9 Å². The van der Waals surface area contributed by atoms with Crippen LogP contribution in [0, 0.1) is 5.41 Å². The maximum Gasteiger partial charge on any atom is 0.313 e. The summed E-state index contributed by atoms with van der Waals surface area (Å²) in [6.07, 6.45) is 6.03. The van der Waals surface area contributed by atoms with E-state index >= 15 is 0 Å². The van der Waals surface area contributed by atoms with E-state index in [0.29, 0.717) is 26.1 Å². The van der Waals surface area contributed by atoms with Gasteiger partial charge in [-0.1, -0.05) is 12.1 Å². The van der Waals surface area contributed by atoms with Crippen LogP contribution in [0.3, 0.4) is 0 Å². The van der Waals surface area contributed by atoms with E-state index in [2.05, 4.69) is 20.9 Å². The number of imidazole rings is 1. The topological polar surface area (TPSA) is 67.5 Å². The molecule has 0 saturated carbocycles. The number of benzene rings is 1. The lowest BCUT2D eigenvalue weighted by atomic mass is 9.75. The van der Waals surface area contributed by atoms with E-state index in [4.69, 9.17) is 9.47 Å². The highest BCUT2D eigenvalue weighted by atomic mass is 16.5. The number of aromatic nitrogens is 2. The van der Waals surface area contributed by atoms with Crippen LogP contribution in [0.5, 0.6) is 5.75 Å². The third-order valence-corrected chi connectivity index (χ3v) is 4.97. The second kappa shape index (κ2) is 8.36. The Balaban J connectivity index is 1.81. The van der Waals surface area contributed by atoms with Gasteiger partial charge in [0, 0.05) is 18.9 Å². The summed E-state index contributed by atoms with van der Waals surface area (Å²) in [5.74, 6) is 1.63. The van der Waals surface area contributed by atoms with Gasteiger partial charge in [0.2, 0.25) is 0 Å². The summed E-state index contributed by atoms with van der Waals surface area (Å²) in [6.45, 7) is 4.60. The third kappa shape index (κ3) is 4.25. The Hall–Kier alpha value is -2.34. The van der Waals surface area contributed by atoms with Crippen LogP contribution in [-0.2, 0) is 22.5 Å². The average Bonchev–Trinajstić information content (AvgIpc) is 3.15. The molecule has 140 valence electrons. The first-order chi connectivity index (χ1) is 12.6. The van der Waals surface area contributed by atoms with Crippen molar-refractivity contribution in [2.75, 3.05) is 26.8 Å². The molecule has 2 aromatic rings. The summed E-state index contributed by atoms with van der Waals surface area (Å²) in [6, 6.07) is 7.95. The Morgan fingerprint density at radius 3 is 3.04 bits per heavy atom. The minimum atomic E-state index is -0.535. The molecule has 2 heterocycles. The predicted molar refractivity (Wildman–Crippen MR) is 98.9 cm³/mol.